The molecule has 76 valence electrons. The fourth-order valence-electron chi connectivity index (χ4n) is 1.66. The van der Waals surface area contributed by atoms with Gasteiger partial charge in [-0.2, -0.15) is 0 Å². The SMILES string of the molecule is CC#CC(C)C[C@@H](C)[C@@H](O)C(C)C. The van der Waals surface area contributed by atoms with E-state index in [1.54, 1.807) is 0 Å². The van der Waals surface area contributed by atoms with E-state index in [-0.39, 0.29) is 6.10 Å². The molecule has 0 aromatic heterocycles. The quantitative estimate of drug-likeness (QED) is 0.663. The predicted octanol–water partition coefficient (Wildman–Crippen LogP) is 2.69. The van der Waals surface area contributed by atoms with Crippen LogP contribution in [0.1, 0.15) is 41.0 Å². The van der Waals surface area contributed by atoms with Crippen molar-refractivity contribution < 1.29 is 5.11 Å². The van der Waals surface area contributed by atoms with Crippen LogP contribution in [0, 0.1) is 29.6 Å². The molecule has 1 unspecified atom stereocenters. The molecular weight excluding hydrogens is 160 g/mol. The summed E-state index contributed by atoms with van der Waals surface area (Å²) in [5.41, 5.74) is 0. The van der Waals surface area contributed by atoms with Gasteiger partial charge in [0, 0.05) is 5.92 Å². The van der Waals surface area contributed by atoms with Gasteiger partial charge in [-0.05, 0) is 25.2 Å². The number of rotatable bonds is 4. The van der Waals surface area contributed by atoms with Crippen molar-refractivity contribution in [3.05, 3.63) is 0 Å². The Kier molecular flexibility index (Phi) is 5.82. The zero-order valence-corrected chi connectivity index (χ0v) is 9.46. The van der Waals surface area contributed by atoms with E-state index in [1.807, 2.05) is 6.92 Å². The Morgan fingerprint density at radius 2 is 1.69 bits per heavy atom. The van der Waals surface area contributed by atoms with Gasteiger partial charge in [-0.1, -0.05) is 27.7 Å². The largest absolute Gasteiger partial charge is 0.393 e. The molecule has 0 aliphatic heterocycles. The van der Waals surface area contributed by atoms with Crippen LogP contribution < -0.4 is 0 Å². The van der Waals surface area contributed by atoms with Gasteiger partial charge in [-0.25, -0.2) is 0 Å². The lowest BCUT2D eigenvalue weighted by atomic mass is 9.88. The van der Waals surface area contributed by atoms with Gasteiger partial charge in [0.25, 0.3) is 0 Å². The molecule has 0 radical (unpaired) electrons. The van der Waals surface area contributed by atoms with Crippen LogP contribution in [-0.2, 0) is 0 Å². The normalized spacial score (nSPS) is 17.5. The molecule has 0 saturated carbocycles. The van der Waals surface area contributed by atoms with Crippen LogP contribution in [0.2, 0.25) is 0 Å². The highest BCUT2D eigenvalue weighted by Gasteiger charge is 2.18. The first-order valence-electron chi connectivity index (χ1n) is 5.09. The Bertz CT molecular complexity index is 185. The molecule has 0 bridgehead atoms. The Labute approximate surface area is 82.5 Å². The maximum absolute atomic E-state index is 9.76. The van der Waals surface area contributed by atoms with E-state index in [1.165, 1.54) is 0 Å². The minimum atomic E-state index is -0.193. The third kappa shape index (κ3) is 4.95. The number of hydrogen-bond donors (Lipinski definition) is 1. The fourth-order valence-corrected chi connectivity index (χ4v) is 1.66. The standard InChI is InChI=1S/C12H22O/c1-6-7-10(4)8-11(5)12(13)9(2)3/h9-13H,8H2,1-5H3/t10?,11-,12+/m1/s1. The molecular formula is C12H22O. The Balaban J connectivity index is 3.96. The summed E-state index contributed by atoms with van der Waals surface area (Å²) >= 11 is 0. The second-order valence-corrected chi connectivity index (χ2v) is 4.24. The summed E-state index contributed by atoms with van der Waals surface area (Å²) in [5.74, 6) is 7.10. The molecule has 0 aromatic rings. The molecule has 1 N–H and O–H groups in total. The number of aliphatic hydroxyl groups excluding tert-OH is 1. The maximum Gasteiger partial charge on any atom is 0.0589 e. The first kappa shape index (κ1) is 12.5. The average molecular weight is 182 g/mol. The van der Waals surface area contributed by atoms with Gasteiger partial charge in [0.1, 0.15) is 0 Å². The van der Waals surface area contributed by atoms with E-state index >= 15 is 0 Å². The van der Waals surface area contributed by atoms with Gasteiger partial charge >= 0.3 is 0 Å². The van der Waals surface area contributed by atoms with Crippen molar-refractivity contribution in [2.75, 3.05) is 0 Å². The van der Waals surface area contributed by atoms with Gasteiger partial charge < -0.3 is 5.11 Å². The van der Waals surface area contributed by atoms with Crippen molar-refractivity contribution in [1.29, 1.82) is 0 Å². The van der Waals surface area contributed by atoms with Gasteiger partial charge in [0.2, 0.25) is 0 Å². The second kappa shape index (κ2) is 6.05. The van der Waals surface area contributed by atoms with E-state index in [4.69, 9.17) is 0 Å². The smallest absolute Gasteiger partial charge is 0.0589 e. The van der Waals surface area contributed by atoms with Crippen LogP contribution in [0.25, 0.3) is 0 Å². The van der Waals surface area contributed by atoms with Gasteiger partial charge in [0.05, 0.1) is 6.10 Å². The van der Waals surface area contributed by atoms with Crippen molar-refractivity contribution in [3.8, 4) is 11.8 Å². The summed E-state index contributed by atoms with van der Waals surface area (Å²) in [6.45, 7) is 10.2. The second-order valence-electron chi connectivity index (χ2n) is 4.24. The molecule has 1 heteroatoms. The monoisotopic (exact) mass is 182 g/mol. The van der Waals surface area contributed by atoms with Crippen molar-refractivity contribution in [3.63, 3.8) is 0 Å². The first-order valence-corrected chi connectivity index (χ1v) is 5.09. The lowest BCUT2D eigenvalue weighted by Gasteiger charge is -2.23. The zero-order chi connectivity index (χ0) is 10.4. The lowest BCUT2D eigenvalue weighted by Crippen LogP contribution is -2.24. The lowest BCUT2D eigenvalue weighted by molar-refractivity contribution is 0.0648. The zero-order valence-electron chi connectivity index (χ0n) is 9.46. The Hall–Kier alpha value is -0.480. The topological polar surface area (TPSA) is 20.2 Å². The maximum atomic E-state index is 9.76. The molecule has 3 atom stereocenters. The molecule has 13 heavy (non-hydrogen) atoms. The van der Waals surface area contributed by atoms with E-state index in [0.29, 0.717) is 17.8 Å². The fraction of sp³-hybridized carbons (Fsp3) is 0.833. The average Bonchev–Trinajstić information content (AvgIpc) is 2.03. The summed E-state index contributed by atoms with van der Waals surface area (Å²) in [5, 5.41) is 9.76. The molecule has 0 amide bonds. The van der Waals surface area contributed by atoms with E-state index in [0.717, 1.165) is 6.42 Å². The summed E-state index contributed by atoms with van der Waals surface area (Å²) in [7, 11) is 0. The van der Waals surface area contributed by atoms with Gasteiger partial charge in [-0.3, -0.25) is 0 Å². The Morgan fingerprint density at radius 1 is 1.15 bits per heavy atom. The summed E-state index contributed by atoms with van der Waals surface area (Å²) < 4.78 is 0. The van der Waals surface area contributed by atoms with E-state index in [9.17, 15) is 5.11 Å². The van der Waals surface area contributed by atoms with Gasteiger partial charge in [0.15, 0.2) is 0 Å². The molecule has 0 fully saturated rings. The van der Waals surface area contributed by atoms with E-state index < -0.39 is 0 Å². The third-order valence-electron chi connectivity index (χ3n) is 2.38. The van der Waals surface area contributed by atoms with Crippen molar-refractivity contribution in [2.24, 2.45) is 17.8 Å². The molecule has 0 aliphatic rings. The molecule has 1 nitrogen and oxygen atoms in total. The molecule has 0 heterocycles. The summed E-state index contributed by atoms with van der Waals surface area (Å²) in [6.07, 6.45) is 0.793. The summed E-state index contributed by atoms with van der Waals surface area (Å²) in [6, 6.07) is 0. The first-order chi connectivity index (χ1) is 5.99. The van der Waals surface area contributed by atoms with Gasteiger partial charge in [-0.15, -0.1) is 11.8 Å². The molecule has 0 rings (SSSR count). The minimum Gasteiger partial charge on any atom is -0.393 e. The Morgan fingerprint density at radius 3 is 2.08 bits per heavy atom. The summed E-state index contributed by atoms with van der Waals surface area (Å²) in [4.78, 5) is 0. The van der Waals surface area contributed by atoms with Crippen molar-refractivity contribution >= 4 is 0 Å². The molecule has 0 saturated heterocycles. The van der Waals surface area contributed by atoms with Crippen LogP contribution >= 0.6 is 0 Å². The predicted molar refractivity (Wildman–Crippen MR) is 57.2 cm³/mol. The highest BCUT2D eigenvalue weighted by Crippen LogP contribution is 2.19. The van der Waals surface area contributed by atoms with Crippen LogP contribution in [-0.4, -0.2) is 11.2 Å². The number of hydrogen-bond acceptors (Lipinski definition) is 1. The van der Waals surface area contributed by atoms with Crippen LogP contribution in [0.5, 0.6) is 0 Å². The van der Waals surface area contributed by atoms with Crippen LogP contribution in [0.15, 0.2) is 0 Å². The van der Waals surface area contributed by atoms with E-state index in [2.05, 4.69) is 39.5 Å². The van der Waals surface area contributed by atoms with Crippen molar-refractivity contribution in [1.82, 2.24) is 0 Å². The minimum absolute atomic E-state index is 0.193. The molecule has 0 aliphatic carbocycles. The van der Waals surface area contributed by atoms with Crippen LogP contribution in [0.3, 0.4) is 0 Å². The van der Waals surface area contributed by atoms with Crippen molar-refractivity contribution in [2.45, 2.75) is 47.1 Å². The number of aliphatic hydroxyl groups is 1. The molecule has 0 spiro atoms. The molecule has 0 aromatic carbocycles. The third-order valence-corrected chi connectivity index (χ3v) is 2.38. The van der Waals surface area contributed by atoms with Crippen LogP contribution in [0.4, 0.5) is 0 Å². The highest BCUT2D eigenvalue weighted by molar-refractivity contribution is 4.99. The highest BCUT2D eigenvalue weighted by atomic mass is 16.3.